The Labute approximate surface area is 126 Å². The molecule has 0 aliphatic carbocycles. The first-order valence-electron chi connectivity index (χ1n) is 6.77. The Hall–Kier alpha value is -1.69. The lowest BCUT2D eigenvalue weighted by atomic mass is 10.1. The number of aryl methyl sites for hydroxylation is 2. The van der Waals surface area contributed by atoms with E-state index in [-0.39, 0.29) is 6.54 Å². The lowest BCUT2D eigenvalue weighted by molar-refractivity contribution is 0.581. The van der Waals surface area contributed by atoms with Gasteiger partial charge >= 0.3 is 0 Å². The van der Waals surface area contributed by atoms with E-state index in [2.05, 4.69) is 4.72 Å². The van der Waals surface area contributed by atoms with E-state index in [1.807, 2.05) is 44.2 Å². The van der Waals surface area contributed by atoms with E-state index in [1.54, 1.807) is 12.1 Å². The maximum absolute atomic E-state index is 12.3. The van der Waals surface area contributed by atoms with Crippen LogP contribution in [0.15, 0.2) is 47.4 Å². The minimum absolute atomic E-state index is 0.253. The summed E-state index contributed by atoms with van der Waals surface area (Å²) in [7, 11) is -3.50. The first kappa shape index (κ1) is 15.7. The van der Waals surface area contributed by atoms with E-state index in [0.717, 1.165) is 22.3 Å². The fraction of sp³-hybridized carbons (Fsp3) is 0.250. The molecule has 4 nitrogen and oxygen atoms in total. The van der Waals surface area contributed by atoms with Crippen LogP contribution < -0.4 is 10.5 Å². The summed E-state index contributed by atoms with van der Waals surface area (Å²) in [5, 5.41) is 0. The van der Waals surface area contributed by atoms with Gasteiger partial charge in [0.05, 0.1) is 4.90 Å². The molecule has 2 aromatic carbocycles. The van der Waals surface area contributed by atoms with E-state index < -0.39 is 10.0 Å². The smallest absolute Gasteiger partial charge is 0.240 e. The topological polar surface area (TPSA) is 72.2 Å². The summed E-state index contributed by atoms with van der Waals surface area (Å²) in [6.45, 7) is 4.55. The number of nitrogens with two attached hydrogens (primary N) is 1. The molecule has 0 atom stereocenters. The van der Waals surface area contributed by atoms with Crippen molar-refractivity contribution in [2.75, 3.05) is 0 Å². The average molecular weight is 304 g/mol. The van der Waals surface area contributed by atoms with Crippen molar-refractivity contribution < 1.29 is 8.42 Å². The predicted octanol–water partition coefficient (Wildman–Crippen LogP) is 2.24. The molecular formula is C16H20N2O2S. The van der Waals surface area contributed by atoms with Gasteiger partial charge in [-0.25, -0.2) is 13.1 Å². The molecule has 2 rings (SSSR count). The van der Waals surface area contributed by atoms with Gasteiger partial charge in [0.25, 0.3) is 0 Å². The zero-order valence-corrected chi connectivity index (χ0v) is 13.1. The third-order valence-electron chi connectivity index (χ3n) is 3.48. The van der Waals surface area contributed by atoms with Crippen molar-refractivity contribution in [3.05, 3.63) is 64.7 Å². The van der Waals surface area contributed by atoms with Crippen molar-refractivity contribution in [1.29, 1.82) is 0 Å². The Morgan fingerprint density at radius 2 is 1.71 bits per heavy atom. The molecule has 0 aliphatic rings. The highest BCUT2D eigenvalue weighted by molar-refractivity contribution is 7.89. The fourth-order valence-corrected chi connectivity index (χ4v) is 3.11. The molecule has 5 heteroatoms. The van der Waals surface area contributed by atoms with Gasteiger partial charge in [0.15, 0.2) is 0 Å². The van der Waals surface area contributed by atoms with Gasteiger partial charge in [-0.05, 0) is 48.2 Å². The van der Waals surface area contributed by atoms with Crippen LogP contribution in [0.2, 0.25) is 0 Å². The van der Waals surface area contributed by atoms with E-state index in [4.69, 9.17) is 5.73 Å². The number of sulfonamides is 1. The van der Waals surface area contributed by atoms with Crippen molar-refractivity contribution in [2.45, 2.75) is 31.8 Å². The normalized spacial score (nSPS) is 11.6. The van der Waals surface area contributed by atoms with Crippen LogP contribution in [0.25, 0.3) is 0 Å². The van der Waals surface area contributed by atoms with Gasteiger partial charge in [0, 0.05) is 13.1 Å². The summed E-state index contributed by atoms with van der Waals surface area (Å²) in [6.07, 6.45) is 0. The van der Waals surface area contributed by atoms with Crippen LogP contribution in [-0.4, -0.2) is 8.42 Å². The fourth-order valence-electron chi connectivity index (χ4n) is 2.01. The Balaban J connectivity index is 2.15. The maximum Gasteiger partial charge on any atom is 0.240 e. The number of nitrogens with one attached hydrogen (secondary N) is 1. The Bertz CT molecular complexity index is 740. The Morgan fingerprint density at radius 3 is 2.38 bits per heavy atom. The zero-order chi connectivity index (χ0) is 15.5. The number of rotatable bonds is 5. The Kier molecular flexibility index (Phi) is 4.77. The second-order valence-corrected chi connectivity index (χ2v) is 6.86. The van der Waals surface area contributed by atoms with Crippen LogP contribution in [-0.2, 0) is 23.1 Å². The summed E-state index contributed by atoms with van der Waals surface area (Å²) in [5.41, 5.74) is 9.50. The van der Waals surface area contributed by atoms with Crippen molar-refractivity contribution in [3.8, 4) is 0 Å². The van der Waals surface area contributed by atoms with Gasteiger partial charge in [-0.1, -0.05) is 30.3 Å². The highest BCUT2D eigenvalue weighted by Gasteiger charge is 2.14. The SMILES string of the molecule is Cc1ccc(S(=O)(=O)NCc2cccc(CN)c2)cc1C. The minimum Gasteiger partial charge on any atom is -0.326 e. The van der Waals surface area contributed by atoms with Gasteiger partial charge in [0.2, 0.25) is 10.0 Å². The van der Waals surface area contributed by atoms with E-state index in [0.29, 0.717) is 11.4 Å². The van der Waals surface area contributed by atoms with Crippen LogP contribution in [0.1, 0.15) is 22.3 Å². The molecule has 0 heterocycles. The summed E-state index contributed by atoms with van der Waals surface area (Å²) < 4.78 is 27.2. The van der Waals surface area contributed by atoms with Crippen LogP contribution in [0, 0.1) is 13.8 Å². The molecule has 0 bridgehead atoms. The monoisotopic (exact) mass is 304 g/mol. The van der Waals surface area contributed by atoms with Crippen LogP contribution in [0.3, 0.4) is 0 Å². The molecule has 3 N–H and O–H groups in total. The Morgan fingerprint density at radius 1 is 1.00 bits per heavy atom. The summed E-state index contributed by atoms with van der Waals surface area (Å²) in [6, 6.07) is 12.7. The van der Waals surface area contributed by atoms with Crippen LogP contribution in [0.5, 0.6) is 0 Å². The first-order valence-corrected chi connectivity index (χ1v) is 8.25. The van der Waals surface area contributed by atoms with Crippen molar-refractivity contribution >= 4 is 10.0 Å². The molecule has 0 amide bonds. The standard InChI is InChI=1S/C16H20N2O2S/c1-12-6-7-16(8-13(12)2)21(19,20)18-11-15-5-3-4-14(9-15)10-17/h3-9,18H,10-11,17H2,1-2H3. The molecule has 0 aromatic heterocycles. The van der Waals surface area contributed by atoms with Gasteiger partial charge in [0.1, 0.15) is 0 Å². The summed E-state index contributed by atoms with van der Waals surface area (Å²) in [4.78, 5) is 0.292. The van der Waals surface area contributed by atoms with E-state index in [1.165, 1.54) is 0 Å². The van der Waals surface area contributed by atoms with Crippen molar-refractivity contribution in [2.24, 2.45) is 5.73 Å². The molecule has 21 heavy (non-hydrogen) atoms. The third kappa shape index (κ3) is 3.91. The highest BCUT2D eigenvalue weighted by Crippen LogP contribution is 2.15. The van der Waals surface area contributed by atoms with Crippen LogP contribution in [0.4, 0.5) is 0 Å². The van der Waals surface area contributed by atoms with Crippen molar-refractivity contribution in [3.63, 3.8) is 0 Å². The first-order chi connectivity index (χ1) is 9.92. The lowest BCUT2D eigenvalue weighted by Crippen LogP contribution is -2.23. The average Bonchev–Trinajstić information content (AvgIpc) is 2.48. The third-order valence-corrected chi connectivity index (χ3v) is 4.88. The quantitative estimate of drug-likeness (QED) is 0.890. The number of hydrogen-bond acceptors (Lipinski definition) is 3. The lowest BCUT2D eigenvalue weighted by Gasteiger charge is -2.09. The van der Waals surface area contributed by atoms with Gasteiger partial charge in [-0.2, -0.15) is 0 Å². The number of hydrogen-bond donors (Lipinski definition) is 2. The largest absolute Gasteiger partial charge is 0.326 e. The maximum atomic E-state index is 12.3. The van der Waals surface area contributed by atoms with Gasteiger partial charge in [-0.15, -0.1) is 0 Å². The molecule has 0 radical (unpaired) electrons. The molecule has 0 aliphatic heterocycles. The molecule has 0 saturated heterocycles. The van der Waals surface area contributed by atoms with Crippen molar-refractivity contribution in [1.82, 2.24) is 4.72 Å². The second-order valence-electron chi connectivity index (χ2n) is 5.09. The molecule has 0 unspecified atom stereocenters. The summed E-state index contributed by atoms with van der Waals surface area (Å²) >= 11 is 0. The molecule has 0 saturated carbocycles. The molecule has 0 fully saturated rings. The molecular weight excluding hydrogens is 284 g/mol. The van der Waals surface area contributed by atoms with E-state index in [9.17, 15) is 8.42 Å². The number of benzene rings is 2. The second kappa shape index (κ2) is 6.39. The minimum atomic E-state index is -3.50. The summed E-state index contributed by atoms with van der Waals surface area (Å²) in [5.74, 6) is 0. The van der Waals surface area contributed by atoms with Gasteiger partial charge < -0.3 is 5.73 Å². The molecule has 112 valence electrons. The molecule has 2 aromatic rings. The van der Waals surface area contributed by atoms with E-state index >= 15 is 0 Å². The zero-order valence-electron chi connectivity index (χ0n) is 12.3. The molecule has 0 spiro atoms. The highest BCUT2D eigenvalue weighted by atomic mass is 32.2. The predicted molar refractivity (Wildman–Crippen MR) is 84.3 cm³/mol. The van der Waals surface area contributed by atoms with Gasteiger partial charge in [-0.3, -0.25) is 0 Å². The van der Waals surface area contributed by atoms with Crippen LogP contribution >= 0.6 is 0 Å².